The maximum atomic E-state index is 8.91. The van der Waals surface area contributed by atoms with Crippen molar-refractivity contribution in [3.8, 4) is 6.07 Å². The van der Waals surface area contributed by atoms with Gasteiger partial charge in [-0.3, -0.25) is 0 Å². The molecule has 15 heavy (non-hydrogen) atoms. The minimum Gasteiger partial charge on any atom is -0.383 e. The van der Waals surface area contributed by atoms with E-state index in [0.717, 1.165) is 25.3 Å². The monoisotopic (exact) mass is 203 g/mol. The summed E-state index contributed by atoms with van der Waals surface area (Å²) in [4.78, 5) is 0. The molecule has 2 N–H and O–H groups in total. The van der Waals surface area contributed by atoms with Crippen LogP contribution in [-0.4, -0.2) is 19.6 Å². The molecule has 0 aromatic heterocycles. The molecule has 3 nitrogen and oxygen atoms in total. The molecular weight excluding hydrogens is 186 g/mol. The number of benzene rings is 1. The minimum atomic E-state index is 0.706. The van der Waals surface area contributed by atoms with E-state index in [0.29, 0.717) is 5.56 Å². The van der Waals surface area contributed by atoms with Gasteiger partial charge in [-0.2, -0.15) is 5.26 Å². The van der Waals surface area contributed by atoms with Gasteiger partial charge in [-0.1, -0.05) is 13.0 Å². The molecule has 0 saturated heterocycles. The van der Waals surface area contributed by atoms with Gasteiger partial charge in [0, 0.05) is 13.1 Å². The van der Waals surface area contributed by atoms with E-state index < -0.39 is 0 Å². The van der Waals surface area contributed by atoms with E-state index in [4.69, 9.17) is 5.26 Å². The van der Waals surface area contributed by atoms with Crippen molar-refractivity contribution in [1.29, 1.82) is 5.26 Å². The molecule has 0 unspecified atom stereocenters. The van der Waals surface area contributed by atoms with Gasteiger partial charge in [-0.05, 0) is 31.2 Å². The van der Waals surface area contributed by atoms with Crippen molar-refractivity contribution in [2.45, 2.75) is 13.8 Å². The summed E-state index contributed by atoms with van der Waals surface area (Å²) in [5.41, 5.74) is 2.80. The third kappa shape index (κ3) is 3.61. The van der Waals surface area contributed by atoms with E-state index in [2.05, 4.69) is 23.6 Å². The Kier molecular flexibility index (Phi) is 4.65. The van der Waals surface area contributed by atoms with Crippen LogP contribution in [0.15, 0.2) is 18.2 Å². The predicted molar refractivity (Wildman–Crippen MR) is 62.9 cm³/mol. The zero-order valence-corrected chi connectivity index (χ0v) is 9.30. The number of nitriles is 1. The van der Waals surface area contributed by atoms with Crippen LogP contribution < -0.4 is 10.6 Å². The Morgan fingerprint density at radius 2 is 2.13 bits per heavy atom. The third-order valence-corrected chi connectivity index (χ3v) is 2.16. The fourth-order valence-electron chi connectivity index (χ4n) is 1.36. The average Bonchev–Trinajstić information content (AvgIpc) is 2.25. The molecule has 0 bridgehead atoms. The molecule has 0 spiro atoms. The Morgan fingerprint density at radius 3 is 2.80 bits per heavy atom. The maximum Gasteiger partial charge on any atom is 0.101 e. The van der Waals surface area contributed by atoms with Gasteiger partial charge in [0.1, 0.15) is 6.07 Å². The summed E-state index contributed by atoms with van der Waals surface area (Å²) >= 11 is 0. The van der Waals surface area contributed by atoms with E-state index in [1.165, 1.54) is 5.56 Å². The molecule has 1 aromatic rings. The lowest BCUT2D eigenvalue weighted by molar-refractivity contribution is 0.739. The highest BCUT2D eigenvalue weighted by Gasteiger charge is 2.00. The first-order valence-electron chi connectivity index (χ1n) is 5.23. The van der Waals surface area contributed by atoms with Crippen LogP contribution in [0.1, 0.15) is 18.1 Å². The summed E-state index contributed by atoms with van der Waals surface area (Å²) < 4.78 is 0. The lowest BCUT2D eigenvalue weighted by Crippen LogP contribution is -2.21. The highest BCUT2D eigenvalue weighted by molar-refractivity contribution is 5.58. The van der Waals surface area contributed by atoms with Crippen LogP contribution in [0.3, 0.4) is 0 Å². The Balaban J connectivity index is 2.59. The highest BCUT2D eigenvalue weighted by atomic mass is 14.9. The standard InChI is InChI=1S/C12H17N3/c1-3-14-6-7-15-12-8-10(2)4-5-11(12)9-13/h4-5,8,14-15H,3,6-7H2,1-2H3. The molecule has 3 heteroatoms. The maximum absolute atomic E-state index is 8.91. The Bertz CT molecular complexity index is 352. The fraction of sp³-hybridized carbons (Fsp3) is 0.417. The van der Waals surface area contributed by atoms with Gasteiger partial charge in [0.25, 0.3) is 0 Å². The highest BCUT2D eigenvalue weighted by Crippen LogP contribution is 2.15. The number of anilines is 1. The van der Waals surface area contributed by atoms with Crippen molar-refractivity contribution >= 4 is 5.69 Å². The molecular formula is C12H17N3. The predicted octanol–water partition coefficient (Wildman–Crippen LogP) is 1.89. The number of hydrogen-bond acceptors (Lipinski definition) is 3. The summed E-state index contributed by atoms with van der Waals surface area (Å²) in [6.07, 6.45) is 0. The molecule has 0 heterocycles. The Morgan fingerprint density at radius 1 is 1.33 bits per heavy atom. The molecule has 0 fully saturated rings. The second-order valence-corrected chi connectivity index (χ2v) is 3.44. The Hall–Kier alpha value is -1.53. The summed E-state index contributed by atoms with van der Waals surface area (Å²) in [6, 6.07) is 7.99. The smallest absolute Gasteiger partial charge is 0.101 e. The Labute approximate surface area is 91.1 Å². The van der Waals surface area contributed by atoms with Crippen LogP contribution in [0.2, 0.25) is 0 Å². The third-order valence-electron chi connectivity index (χ3n) is 2.16. The number of aryl methyl sites for hydroxylation is 1. The minimum absolute atomic E-state index is 0.706. The lowest BCUT2D eigenvalue weighted by Gasteiger charge is -2.09. The van der Waals surface area contributed by atoms with Crippen molar-refractivity contribution in [3.05, 3.63) is 29.3 Å². The first-order chi connectivity index (χ1) is 7.27. The summed E-state index contributed by atoms with van der Waals surface area (Å²) in [6.45, 7) is 6.83. The van der Waals surface area contributed by atoms with Crippen LogP contribution in [0.5, 0.6) is 0 Å². The van der Waals surface area contributed by atoms with Crippen LogP contribution >= 0.6 is 0 Å². The first-order valence-corrected chi connectivity index (χ1v) is 5.23. The van der Waals surface area contributed by atoms with Gasteiger partial charge in [-0.25, -0.2) is 0 Å². The number of nitrogens with one attached hydrogen (secondary N) is 2. The molecule has 0 radical (unpaired) electrons. The second-order valence-electron chi connectivity index (χ2n) is 3.44. The van der Waals surface area contributed by atoms with Crippen molar-refractivity contribution in [2.24, 2.45) is 0 Å². The topological polar surface area (TPSA) is 47.8 Å². The molecule has 1 rings (SSSR count). The van der Waals surface area contributed by atoms with Crippen molar-refractivity contribution < 1.29 is 0 Å². The SMILES string of the molecule is CCNCCNc1cc(C)ccc1C#N. The number of hydrogen-bond donors (Lipinski definition) is 2. The van der Waals surface area contributed by atoms with E-state index in [9.17, 15) is 0 Å². The number of likely N-dealkylation sites (N-methyl/N-ethyl adjacent to an activating group) is 1. The van der Waals surface area contributed by atoms with Gasteiger partial charge in [-0.15, -0.1) is 0 Å². The molecule has 0 saturated carbocycles. The van der Waals surface area contributed by atoms with Crippen LogP contribution in [-0.2, 0) is 0 Å². The van der Waals surface area contributed by atoms with Crippen LogP contribution in [0.25, 0.3) is 0 Å². The molecule has 80 valence electrons. The van der Waals surface area contributed by atoms with E-state index in [1.54, 1.807) is 0 Å². The largest absolute Gasteiger partial charge is 0.383 e. The van der Waals surface area contributed by atoms with Crippen molar-refractivity contribution in [2.75, 3.05) is 25.0 Å². The van der Waals surface area contributed by atoms with E-state index >= 15 is 0 Å². The van der Waals surface area contributed by atoms with Gasteiger partial charge in [0.05, 0.1) is 11.3 Å². The van der Waals surface area contributed by atoms with Gasteiger partial charge < -0.3 is 10.6 Å². The quantitative estimate of drug-likeness (QED) is 0.718. The normalized spacial score (nSPS) is 9.67. The molecule has 0 amide bonds. The van der Waals surface area contributed by atoms with Crippen molar-refractivity contribution in [3.63, 3.8) is 0 Å². The summed E-state index contributed by atoms with van der Waals surface area (Å²) in [5, 5.41) is 15.4. The zero-order valence-electron chi connectivity index (χ0n) is 9.30. The van der Waals surface area contributed by atoms with Gasteiger partial charge in [0.2, 0.25) is 0 Å². The van der Waals surface area contributed by atoms with Crippen LogP contribution in [0.4, 0.5) is 5.69 Å². The number of nitrogens with zero attached hydrogens (tertiary/aromatic N) is 1. The van der Waals surface area contributed by atoms with Crippen molar-refractivity contribution in [1.82, 2.24) is 5.32 Å². The van der Waals surface area contributed by atoms with Gasteiger partial charge in [0.15, 0.2) is 0 Å². The van der Waals surface area contributed by atoms with E-state index in [1.807, 2.05) is 25.1 Å². The molecule has 0 aliphatic heterocycles. The molecule has 0 atom stereocenters. The lowest BCUT2D eigenvalue weighted by atomic mass is 10.1. The second kappa shape index (κ2) is 6.05. The van der Waals surface area contributed by atoms with Gasteiger partial charge >= 0.3 is 0 Å². The number of rotatable bonds is 5. The first kappa shape index (κ1) is 11.5. The van der Waals surface area contributed by atoms with Crippen LogP contribution in [0, 0.1) is 18.3 Å². The molecule has 1 aromatic carbocycles. The molecule has 0 aliphatic rings. The van der Waals surface area contributed by atoms with E-state index in [-0.39, 0.29) is 0 Å². The zero-order chi connectivity index (χ0) is 11.1. The summed E-state index contributed by atoms with van der Waals surface area (Å²) in [7, 11) is 0. The molecule has 0 aliphatic carbocycles. The fourth-order valence-corrected chi connectivity index (χ4v) is 1.36. The average molecular weight is 203 g/mol. The summed E-state index contributed by atoms with van der Waals surface area (Å²) in [5.74, 6) is 0.